The molecule has 0 saturated carbocycles. The van der Waals surface area contributed by atoms with Crippen molar-refractivity contribution in [2.75, 3.05) is 5.75 Å². The molecule has 1 atom stereocenters. The van der Waals surface area contributed by atoms with Crippen LogP contribution in [0.4, 0.5) is 0 Å². The van der Waals surface area contributed by atoms with E-state index in [1.54, 1.807) is 0 Å². The predicted molar refractivity (Wildman–Crippen MR) is 56.3 cm³/mol. The zero-order valence-corrected chi connectivity index (χ0v) is 9.42. The number of hydrogen-bond donors (Lipinski definition) is 0. The first-order chi connectivity index (χ1) is 4.98. The van der Waals surface area contributed by atoms with Gasteiger partial charge in [0.1, 0.15) is 0 Å². The highest BCUT2D eigenvalue weighted by molar-refractivity contribution is 7.99. The molecule has 1 heteroatoms. The van der Waals surface area contributed by atoms with Crippen LogP contribution in [0, 0.1) is 5.41 Å². The maximum absolute atomic E-state index is 2.33. The van der Waals surface area contributed by atoms with E-state index in [0.717, 1.165) is 5.25 Å². The van der Waals surface area contributed by atoms with Crippen molar-refractivity contribution in [1.29, 1.82) is 0 Å². The summed E-state index contributed by atoms with van der Waals surface area (Å²) in [5.41, 5.74) is 0.471. The molecular formula is C10H22S. The summed E-state index contributed by atoms with van der Waals surface area (Å²) in [5, 5.41) is 0.786. The number of rotatable bonds is 4. The molecule has 11 heavy (non-hydrogen) atoms. The van der Waals surface area contributed by atoms with Crippen molar-refractivity contribution in [3.63, 3.8) is 0 Å². The summed E-state index contributed by atoms with van der Waals surface area (Å²) in [6, 6.07) is 0. The Hall–Kier alpha value is 0.350. The van der Waals surface area contributed by atoms with Crippen LogP contribution in [0.15, 0.2) is 0 Å². The summed E-state index contributed by atoms with van der Waals surface area (Å²) < 4.78 is 0. The second-order valence-corrected chi connectivity index (χ2v) is 5.68. The minimum Gasteiger partial charge on any atom is -0.158 e. The lowest BCUT2D eigenvalue weighted by Crippen LogP contribution is -2.19. The van der Waals surface area contributed by atoms with E-state index in [4.69, 9.17) is 0 Å². The summed E-state index contributed by atoms with van der Waals surface area (Å²) in [4.78, 5) is 0. The van der Waals surface area contributed by atoms with Gasteiger partial charge in [0.2, 0.25) is 0 Å². The Labute approximate surface area is 76.1 Å². The van der Waals surface area contributed by atoms with E-state index in [-0.39, 0.29) is 0 Å². The molecule has 0 aliphatic carbocycles. The second kappa shape index (κ2) is 5.08. The Bertz CT molecular complexity index is 91.5. The number of thioether (sulfide) groups is 1. The van der Waals surface area contributed by atoms with E-state index < -0.39 is 0 Å². The Morgan fingerprint density at radius 3 is 2.18 bits per heavy atom. The first-order valence-corrected chi connectivity index (χ1v) is 5.65. The summed E-state index contributed by atoms with van der Waals surface area (Å²) in [6.07, 6.45) is 2.69. The molecule has 0 nitrogen and oxygen atoms in total. The quantitative estimate of drug-likeness (QED) is 0.581. The van der Waals surface area contributed by atoms with Gasteiger partial charge in [-0.25, -0.2) is 0 Å². The SMILES string of the molecule is CCCCSC(C)C(C)(C)C. The van der Waals surface area contributed by atoms with Crippen LogP contribution in [-0.4, -0.2) is 11.0 Å². The fraction of sp³-hybridized carbons (Fsp3) is 1.00. The molecule has 0 N–H and O–H groups in total. The molecule has 1 unspecified atom stereocenters. The normalized spacial score (nSPS) is 15.0. The van der Waals surface area contributed by atoms with E-state index in [2.05, 4.69) is 46.4 Å². The van der Waals surface area contributed by atoms with Crippen molar-refractivity contribution in [1.82, 2.24) is 0 Å². The molecule has 0 spiro atoms. The van der Waals surface area contributed by atoms with Gasteiger partial charge >= 0.3 is 0 Å². The van der Waals surface area contributed by atoms with Crippen LogP contribution in [-0.2, 0) is 0 Å². The lowest BCUT2D eigenvalue weighted by molar-refractivity contribution is 0.411. The van der Waals surface area contributed by atoms with Gasteiger partial charge in [-0.05, 0) is 17.6 Å². The van der Waals surface area contributed by atoms with E-state index >= 15 is 0 Å². The standard InChI is InChI=1S/C10H22S/c1-6-7-8-11-9(2)10(3,4)5/h9H,6-8H2,1-5H3. The fourth-order valence-electron chi connectivity index (χ4n) is 0.654. The molecule has 0 aliphatic heterocycles. The van der Waals surface area contributed by atoms with Crippen LogP contribution >= 0.6 is 11.8 Å². The largest absolute Gasteiger partial charge is 0.158 e. The third-order valence-electron chi connectivity index (χ3n) is 2.09. The van der Waals surface area contributed by atoms with Crippen LogP contribution in [0.2, 0.25) is 0 Å². The van der Waals surface area contributed by atoms with Crippen molar-refractivity contribution in [2.45, 2.75) is 52.7 Å². The molecule has 0 rings (SSSR count). The van der Waals surface area contributed by atoms with Crippen molar-refractivity contribution >= 4 is 11.8 Å². The lowest BCUT2D eigenvalue weighted by Gasteiger charge is -2.26. The number of hydrogen-bond acceptors (Lipinski definition) is 1. The second-order valence-electron chi connectivity index (χ2n) is 4.23. The molecule has 0 fully saturated rings. The third-order valence-corrected chi connectivity index (χ3v) is 3.82. The van der Waals surface area contributed by atoms with E-state index in [1.165, 1.54) is 18.6 Å². The molecule has 0 saturated heterocycles. The molecule has 0 aliphatic rings. The minimum atomic E-state index is 0.471. The lowest BCUT2D eigenvalue weighted by atomic mass is 9.93. The first kappa shape index (κ1) is 11.4. The molecule has 0 bridgehead atoms. The van der Waals surface area contributed by atoms with Crippen molar-refractivity contribution in [3.8, 4) is 0 Å². The maximum atomic E-state index is 2.33. The zero-order valence-electron chi connectivity index (χ0n) is 8.61. The monoisotopic (exact) mass is 174 g/mol. The summed E-state index contributed by atoms with van der Waals surface area (Å²) in [6.45, 7) is 11.5. The summed E-state index contributed by atoms with van der Waals surface area (Å²) in [5.74, 6) is 1.33. The molecule has 68 valence electrons. The first-order valence-electron chi connectivity index (χ1n) is 4.60. The van der Waals surface area contributed by atoms with Gasteiger partial charge in [-0.3, -0.25) is 0 Å². The average molecular weight is 174 g/mol. The van der Waals surface area contributed by atoms with E-state index in [1.807, 2.05) is 0 Å². The predicted octanol–water partition coefficient (Wildman–Crippen LogP) is 3.95. The zero-order chi connectivity index (χ0) is 8.91. The van der Waals surface area contributed by atoms with Gasteiger partial charge in [0.05, 0.1) is 0 Å². The Kier molecular flexibility index (Phi) is 5.24. The highest BCUT2D eigenvalue weighted by Crippen LogP contribution is 2.30. The average Bonchev–Trinajstić information content (AvgIpc) is 1.86. The van der Waals surface area contributed by atoms with Gasteiger partial charge in [-0.2, -0.15) is 11.8 Å². The van der Waals surface area contributed by atoms with Gasteiger partial charge in [0, 0.05) is 5.25 Å². The highest BCUT2D eigenvalue weighted by atomic mass is 32.2. The van der Waals surface area contributed by atoms with Crippen LogP contribution in [0.5, 0.6) is 0 Å². The minimum absolute atomic E-state index is 0.471. The molecule has 0 radical (unpaired) electrons. The third kappa shape index (κ3) is 5.60. The molecule has 0 heterocycles. The van der Waals surface area contributed by atoms with Gasteiger partial charge in [-0.15, -0.1) is 0 Å². The van der Waals surface area contributed by atoms with Crippen LogP contribution in [0.3, 0.4) is 0 Å². The molecule has 0 amide bonds. The molecule has 0 aromatic rings. The van der Waals surface area contributed by atoms with Gasteiger partial charge in [-0.1, -0.05) is 41.0 Å². The molecular weight excluding hydrogens is 152 g/mol. The molecule has 0 aromatic heterocycles. The van der Waals surface area contributed by atoms with Crippen LogP contribution < -0.4 is 0 Å². The van der Waals surface area contributed by atoms with Crippen LogP contribution in [0.1, 0.15) is 47.5 Å². The topological polar surface area (TPSA) is 0 Å². The molecule has 0 aromatic carbocycles. The fourth-order valence-corrected chi connectivity index (χ4v) is 1.96. The van der Waals surface area contributed by atoms with Gasteiger partial charge in [0.15, 0.2) is 0 Å². The maximum Gasteiger partial charge on any atom is 0.00672 e. The van der Waals surface area contributed by atoms with Crippen molar-refractivity contribution < 1.29 is 0 Å². The van der Waals surface area contributed by atoms with Crippen LogP contribution in [0.25, 0.3) is 0 Å². The van der Waals surface area contributed by atoms with E-state index in [9.17, 15) is 0 Å². The Morgan fingerprint density at radius 1 is 1.27 bits per heavy atom. The number of unbranched alkanes of at least 4 members (excludes halogenated alkanes) is 1. The van der Waals surface area contributed by atoms with E-state index in [0.29, 0.717) is 5.41 Å². The van der Waals surface area contributed by atoms with Crippen molar-refractivity contribution in [3.05, 3.63) is 0 Å². The summed E-state index contributed by atoms with van der Waals surface area (Å²) >= 11 is 2.11. The van der Waals surface area contributed by atoms with Gasteiger partial charge in [0.25, 0.3) is 0 Å². The smallest absolute Gasteiger partial charge is 0.00672 e. The highest BCUT2D eigenvalue weighted by Gasteiger charge is 2.19. The summed E-state index contributed by atoms with van der Waals surface area (Å²) in [7, 11) is 0. The Balaban J connectivity index is 3.44. The van der Waals surface area contributed by atoms with Gasteiger partial charge < -0.3 is 0 Å². The van der Waals surface area contributed by atoms with Crippen molar-refractivity contribution in [2.24, 2.45) is 5.41 Å². The Morgan fingerprint density at radius 2 is 1.82 bits per heavy atom.